The molecule has 1 aromatic heterocycles. The zero-order chi connectivity index (χ0) is 23.8. The molecule has 0 spiro atoms. The molecule has 0 aliphatic heterocycles. The molecule has 1 N–H and O–H groups in total. The smallest absolute Gasteiger partial charge is 0.329 e. The van der Waals surface area contributed by atoms with Gasteiger partial charge in [0.25, 0.3) is 0 Å². The highest BCUT2D eigenvalue weighted by Gasteiger charge is 2.25. The molecule has 0 bridgehead atoms. The van der Waals surface area contributed by atoms with Crippen LogP contribution in [0.4, 0.5) is 0 Å². The van der Waals surface area contributed by atoms with Gasteiger partial charge in [0.2, 0.25) is 0 Å². The van der Waals surface area contributed by atoms with Crippen LogP contribution in [0.25, 0.3) is 22.4 Å². The number of aliphatic carboxylic acids is 1. The fraction of sp³-hybridized carbons (Fsp3) is 0.429. The first-order valence-corrected chi connectivity index (χ1v) is 13.5. The molecule has 5 nitrogen and oxygen atoms in total. The fourth-order valence-electron chi connectivity index (χ4n) is 4.95. The van der Waals surface area contributed by atoms with Crippen LogP contribution in [0.1, 0.15) is 31.4 Å². The molecule has 1 heterocycles. The van der Waals surface area contributed by atoms with Crippen LogP contribution in [0.15, 0.2) is 60.7 Å². The Bertz CT molecular complexity index is 1040. The van der Waals surface area contributed by atoms with Crippen molar-refractivity contribution in [3.8, 4) is 22.4 Å². The summed E-state index contributed by atoms with van der Waals surface area (Å²) in [5, 5.41) is 14.0. The second kappa shape index (κ2) is 12.2. The molecule has 0 amide bonds. The van der Waals surface area contributed by atoms with Gasteiger partial charge in [-0.25, -0.2) is 4.79 Å². The van der Waals surface area contributed by atoms with Crippen molar-refractivity contribution in [3.63, 3.8) is 0 Å². The molecule has 0 atom stereocenters. The Kier molecular flexibility index (Phi) is 8.83. The van der Waals surface area contributed by atoms with E-state index in [2.05, 4.69) is 71.6 Å². The molecule has 1 aliphatic rings. The van der Waals surface area contributed by atoms with Crippen molar-refractivity contribution in [1.29, 1.82) is 0 Å². The second-order valence-corrected chi connectivity index (χ2v) is 10.1. The molecule has 3 aromatic rings. The number of hydrogen-bond acceptors (Lipinski definition) is 4. The number of carbonyl (C=O) groups is 1. The summed E-state index contributed by atoms with van der Waals surface area (Å²) < 4.78 is 7.63. The topological polar surface area (TPSA) is 64.4 Å². The standard InChI is InChI=1S/C28H34N2O3S/c1-34-17-16-25-27(23-8-4-2-5-9-23)28(24-10-6-3-7-11-24)29-30(25)18-21-12-14-22(15-13-21)19-33-20-26(31)32/h2-11,21-22H,12-20H2,1H3,(H,31,32). The SMILES string of the molecule is CSCCc1c(-c2ccccc2)c(-c2ccccc2)nn1CC1CCC(COCC(=O)O)CC1. The van der Waals surface area contributed by atoms with Crippen LogP contribution >= 0.6 is 11.8 Å². The van der Waals surface area contributed by atoms with E-state index in [1.807, 2.05) is 11.8 Å². The normalized spacial score (nSPS) is 18.1. The van der Waals surface area contributed by atoms with Gasteiger partial charge in [-0.3, -0.25) is 4.68 Å². The minimum Gasteiger partial charge on any atom is -0.480 e. The van der Waals surface area contributed by atoms with E-state index in [-0.39, 0.29) is 6.61 Å². The van der Waals surface area contributed by atoms with Crippen LogP contribution < -0.4 is 0 Å². The molecule has 180 valence electrons. The number of aromatic nitrogens is 2. The highest BCUT2D eigenvalue weighted by atomic mass is 32.2. The Labute approximate surface area is 206 Å². The third-order valence-electron chi connectivity index (χ3n) is 6.69. The van der Waals surface area contributed by atoms with Gasteiger partial charge in [-0.05, 0) is 61.5 Å². The van der Waals surface area contributed by atoms with Crippen molar-refractivity contribution in [3.05, 3.63) is 66.4 Å². The minimum atomic E-state index is -0.895. The number of hydrogen-bond donors (Lipinski definition) is 1. The van der Waals surface area contributed by atoms with Crippen molar-refractivity contribution in [2.75, 3.05) is 25.2 Å². The predicted molar refractivity (Wildman–Crippen MR) is 139 cm³/mol. The predicted octanol–water partition coefficient (Wildman–Crippen LogP) is 6.03. The van der Waals surface area contributed by atoms with Gasteiger partial charge >= 0.3 is 5.97 Å². The van der Waals surface area contributed by atoms with Gasteiger partial charge in [-0.2, -0.15) is 16.9 Å². The summed E-state index contributed by atoms with van der Waals surface area (Å²) in [4.78, 5) is 10.7. The highest BCUT2D eigenvalue weighted by Crippen LogP contribution is 2.37. The van der Waals surface area contributed by atoms with Gasteiger partial charge in [0.05, 0.1) is 6.61 Å². The third-order valence-corrected chi connectivity index (χ3v) is 7.30. The lowest BCUT2D eigenvalue weighted by atomic mass is 9.82. The molecule has 2 aromatic carbocycles. The Balaban J connectivity index is 1.57. The molecule has 0 radical (unpaired) electrons. The first-order valence-electron chi connectivity index (χ1n) is 12.1. The van der Waals surface area contributed by atoms with Crippen LogP contribution in [0, 0.1) is 11.8 Å². The Morgan fingerprint density at radius 2 is 1.62 bits per heavy atom. The van der Waals surface area contributed by atoms with Gasteiger partial charge in [-0.15, -0.1) is 0 Å². The maximum Gasteiger partial charge on any atom is 0.329 e. The van der Waals surface area contributed by atoms with Crippen molar-refractivity contribution < 1.29 is 14.6 Å². The fourth-order valence-corrected chi connectivity index (χ4v) is 5.34. The van der Waals surface area contributed by atoms with E-state index in [0.29, 0.717) is 18.4 Å². The average molecular weight is 479 g/mol. The first kappa shape index (κ1) is 24.6. The summed E-state index contributed by atoms with van der Waals surface area (Å²) in [6, 6.07) is 21.2. The van der Waals surface area contributed by atoms with Crippen molar-refractivity contribution in [2.45, 2.75) is 38.6 Å². The third kappa shape index (κ3) is 6.30. The molecular weight excluding hydrogens is 444 g/mol. The molecule has 0 saturated heterocycles. The summed E-state index contributed by atoms with van der Waals surface area (Å²) in [5.41, 5.74) is 6.04. The number of rotatable bonds is 11. The summed E-state index contributed by atoms with van der Waals surface area (Å²) in [5.74, 6) is 1.21. The van der Waals surface area contributed by atoms with E-state index in [0.717, 1.165) is 55.7 Å². The number of carboxylic acid groups (broad SMARTS) is 1. The lowest BCUT2D eigenvalue weighted by Gasteiger charge is -2.28. The zero-order valence-corrected chi connectivity index (χ0v) is 20.7. The van der Waals surface area contributed by atoms with E-state index in [1.54, 1.807) is 0 Å². The lowest BCUT2D eigenvalue weighted by Crippen LogP contribution is -2.24. The summed E-state index contributed by atoms with van der Waals surface area (Å²) in [6.45, 7) is 1.28. The Morgan fingerprint density at radius 3 is 2.24 bits per heavy atom. The molecule has 4 rings (SSSR count). The van der Waals surface area contributed by atoms with Crippen LogP contribution in [0.3, 0.4) is 0 Å². The number of thioether (sulfide) groups is 1. The first-order chi connectivity index (χ1) is 16.7. The molecule has 6 heteroatoms. The number of benzene rings is 2. The van der Waals surface area contributed by atoms with Gasteiger partial charge in [-0.1, -0.05) is 60.7 Å². The van der Waals surface area contributed by atoms with Gasteiger partial charge in [0.15, 0.2) is 0 Å². The molecule has 0 unspecified atom stereocenters. The molecule has 1 aliphatic carbocycles. The maximum absolute atomic E-state index is 10.7. The molecular formula is C28H34N2O3S. The van der Waals surface area contributed by atoms with Crippen molar-refractivity contribution in [1.82, 2.24) is 9.78 Å². The summed E-state index contributed by atoms with van der Waals surface area (Å²) in [7, 11) is 0. The lowest BCUT2D eigenvalue weighted by molar-refractivity contribution is -0.142. The van der Waals surface area contributed by atoms with E-state index < -0.39 is 5.97 Å². The average Bonchev–Trinajstić information content (AvgIpc) is 3.22. The summed E-state index contributed by atoms with van der Waals surface area (Å²) >= 11 is 1.87. The van der Waals surface area contributed by atoms with Crippen LogP contribution in [-0.4, -0.2) is 46.1 Å². The van der Waals surface area contributed by atoms with E-state index in [4.69, 9.17) is 14.9 Å². The van der Waals surface area contributed by atoms with Crippen molar-refractivity contribution >= 4 is 17.7 Å². The monoisotopic (exact) mass is 478 g/mol. The Hall–Kier alpha value is -2.57. The quantitative estimate of drug-likeness (QED) is 0.364. The van der Waals surface area contributed by atoms with Crippen molar-refractivity contribution in [2.24, 2.45) is 11.8 Å². The Morgan fingerprint density at radius 1 is 1.00 bits per heavy atom. The second-order valence-electron chi connectivity index (χ2n) is 9.12. The summed E-state index contributed by atoms with van der Waals surface area (Å²) in [6.07, 6.45) is 7.58. The van der Waals surface area contributed by atoms with Crippen LogP contribution in [-0.2, 0) is 22.5 Å². The number of ether oxygens (including phenoxy) is 1. The highest BCUT2D eigenvalue weighted by molar-refractivity contribution is 7.98. The van der Waals surface area contributed by atoms with E-state index in [1.165, 1.54) is 16.8 Å². The van der Waals surface area contributed by atoms with Gasteiger partial charge in [0, 0.05) is 23.4 Å². The molecule has 34 heavy (non-hydrogen) atoms. The largest absolute Gasteiger partial charge is 0.480 e. The number of nitrogens with zero attached hydrogens (tertiary/aromatic N) is 2. The van der Waals surface area contributed by atoms with E-state index >= 15 is 0 Å². The van der Waals surface area contributed by atoms with Gasteiger partial charge in [0.1, 0.15) is 12.3 Å². The van der Waals surface area contributed by atoms with E-state index in [9.17, 15) is 4.79 Å². The number of carboxylic acids is 1. The van der Waals surface area contributed by atoms with Crippen LogP contribution in [0.5, 0.6) is 0 Å². The zero-order valence-electron chi connectivity index (χ0n) is 19.9. The molecule has 1 fully saturated rings. The maximum atomic E-state index is 10.7. The molecule has 1 saturated carbocycles. The van der Waals surface area contributed by atoms with Gasteiger partial charge < -0.3 is 9.84 Å². The minimum absolute atomic E-state index is 0.198. The van der Waals surface area contributed by atoms with Crippen LogP contribution in [0.2, 0.25) is 0 Å².